The molecule has 0 fully saturated rings. The van der Waals surface area contributed by atoms with E-state index >= 15 is 0 Å². The molecule has 118 valence electrons. The molecule has 5 nitrogen and oxygen atoms in total. The second-order valence-electron chi connectivity index (χ2n) is 4.46. The molecule has 0 saturated carbocycles. The lowest BCUT2D eigenvalue weighted by Crippen LogP contribution is -2.08. The third-order valence-corrected chi connectivity index (χ3v) is 2.93. The zero-order chi connectivity index (χ0) is 16.3. The molecule has 0 bridgehead atoms. The van der Waals surface area contributed by atoms with Gasteiger partial charge in [0.1, 0.15) is 12.4 Å². The number of aromatic carboxylic acids is 1. The van der Waals surface area contributed by atoms with Crippen molar-refractivity contribution in [1.82, 2.24) is 9.78 Å². The van der Waals surface area contributed by atoms with Crippen LogP contribution in [-0.4, -0.2) is 20.9 Å². The quantitative estimate of drug-likeness (QED) is 0.920. The Kier molecular flexibility index (Phi) is 4.39. The van der Waals surface area contributed by atoms with E-state index in [4.69, 9.17) is 9.84 Å². The Morgan fingerprint density at radius 3 is 2.68 bits per heavy atom. The van der Waals surface area contributed by atoms with Gasteiger partial charge in [-0.2, -0.15) is 18.3 Å². The number of alkyl halides is 3. The highest BCUT2D eigenvalue weighted by Crippen LogP contribution is 2.31. The summed E-state index contributed by atoms with van der Waals surface area (Å²) in [5.41, 5.74) is -0.470. The van der Waals surface area contributed by atoms with Gasteiger partial charge < -0.3 is 9.84 Å². The van der Waals surface area contributed by atoms with Crippen LogP contribution in [0.15, 0.2) is 30.3 Å². The summed E-state index contributed by atoms with van der Waals surface area (Å²) < 4.78 is 44.6. The average molecular weight is 314 g/mol. The molecule has 0 atom stereocenters. The van der Waals surface area contributed by atoms with Crippen LogP contribution in [0.5, 0.6) is 5.75 Å². The number of aryl methyl sites for hydroxylation is 1. The molecule has 2 aromatic rings. The number of rotatable bonds is 5. The van der Waals surface area contributed by atoms with Crippen molar-refractivity contribution in [3.8, 4) is 5.75 Å². The first-order valence-corrected chi connectivity index (χ1v) is 6.41. The number of halogens is 3. The molecule has 0 unspecified atom stereocenters. The van der Waals surface area contributed by atoms with Gasteiger partial charge in [0.2, 0.25) is 0 Å². The van der Waals surface area contributed by atoms with Crippen molar-refractivity contribution >= 4 is 5.97 Å². The van der Waals surface area contributed by atoms with Crippen LogP contribution in [0.3, 0.4) is 0 Å². The van der Waals surface area contributed by atoms with E-state index in [0.717, 1.165) is 12.1 Å². The van der Waals surface area contributed by atoms with Crippen LogP contribution in [0, 0.1) is 0 Å². The highest BCUT2D eigenvalue weighted by molar-refractivity contribution is 5.85. The van der Waals surface area contributed by atoms with Gasteiger partial charge >= 0.3 is 12.1 Å². The van der Waals surface area contributed by atoms with Gasteiger partial charge in [-0.3, -0.25) is 4.68 Å². The minimum absolute atomic E-state index is 0.0514. The maximum Gasteiger partial charge on any atom is 0.416 e. The molecule has 1 aromatic carbocycles. The summed E-state index contributed by atoms with van der Waals surface area (Å²) in [6.45, 7) is 2.12. The number of ether oxygens (including phenoxy) is 1. The second-order valence-corrected chi connectivity index (χ2v) is 4.46. The molecule has 1 N–H and O–H groups in total. The zero-order valence-electron chi connectivity index (χ0n) is 11.6. The number of hydrogen-bond donors (Lipinski definition) is 1. The summed E-state index contributed by atoms with van der Waals surface area (Å²) in [6, 6.07) is 5.83. The molecular weight excluding hydrogens is 301 g/mol. The summed E-state index contributed by atoms with van der Waals surface area (Å²) in [4.78, 5) is 10.9. The van der Waals surface area contributed by atoms with Crippen LogP contribution in [0.4, 0.5) is 13.2 Å². The predicted molar refractivity (Wildman–Crippen MR) is 70.6 cm³/mol. The Balaban J connectivity index is 2.15. The molecule has 0 aliphatic rings. The summed E-state index contributed by atoms with van der Waals surface area (Å²) in [6.07, 6.45) is -4.44. The van der Waals surface area contributed by atoms with Gasteiger partial charge in [0.15, 0.2) is 5.69 Å². The van der Waals surface area contributed by atoms with Crippen LogP contribution in [0.1, 0.15) is 28.7 Å². The fraction of sp³-hybridized carbons (Fsp3) is 0.286. The molecule has 0 spiro atoms. The molecule has 2 rings (SSSR count). The minimum atomic E-state index is -4.44. The molecule has 1 heterocycles. The lowest BCUT2D eigenvalue weighted by Gasteiger charge is -2.10. The highest BCUT2D eigenvalue weighted by Gasteiger charge is 2.30. The minimum Gasteiger partial charge on any atom is -0.487 e. The third-order valence-electron chi connectivity index (χ3n) is 2.93. The molecule has 0 radical (unpaired) electrons. The van der Waals surface area contributed by atoms with Crippen LogP contribution in [0.25, 0.3) is 0 Å². The first kappa shape index (κ1) is 15.9. The lowest BCUT2D eigenvalue weighted by atomic mass is 10.2. The van der Waals surface area contributed by atoms with E-state index in [1.54, 1.807) is 6.92 Å². The molecular formula is C14H13F3N2O3. The van der Waals surface area contributed by atoms with E-state index < -0.39 is 17.7 Å². The highest BCUT2D eigenvalue weighted by atomic mass is 19.4. The summed E-state index contributed by atoms with van der Waals surface area (Å²) in [5.74, 6) is -1.12. The van der Waals surface area contributed by atoms with Crippen molar-refractivity contribution in [2.75, 3.05) is 0 Å². The number of nitrogens with zero attached hydrogens (tertiary/aromatic N) is 2. The molecule has 8 heteroatoms. The largest absolute Gasteiger partial charge is 0.487 e. The second kappa shape index (κ2) is 6.08. The van der Waals surface area contributed by atoms with Crippen LogP contribution in [-0.2, 0) is 19.3 Å². The van der Waals surface area contributed by atoms with Crippen molar-refractivity contribution in [3.63, 3.8) is 0 Å². The Labute approximate surface area is 123 Å². The Morgan fingerprint density at radius 2 is 2.09 bits per heavy atom. The smallest absolute Gasteiger partial charge is 0.416 e. The average Bonchev–Trinajstić information content (AvgIpc) is 2.88. The third kappa shape index (κ3) is 3.57. The van der Waals surface area contributed by atoms with E-state index in [9.17, 15) is 18.0 Å². The van der Waals surface area contributed by atoms with Crippen LogP contribution in [0.2, 0.25) is 0 Å². The number of carboxylic acid groups (broad SMARTS) is 1. The van der Waals surface area contributed by atoms with Gasteiger partial charge in [-0.05, 0) is 31.2 Å². The summed E-state index contributed by atoms with van der Waals surface area (Å²) in [7, 11) is 0. The Hall–Kier alpha value is -2.51. The van der Waals surface area contributed by atoms with Crippen molar-refractivity contribution in [2.24, 2.45) is 0 Å². The SMILES string of the molecule is CCn1nc(C(=O)O)cc1COc1cccc(C(F)(F)F)c1. The van der Waals surface area contributed by atoms with E-state index in [1.807, 2.05) is 0 Å². The van der Waals surface area contributed by atoms with Crippen molar-refractivity contribution in [1.29, 1.82) is 0 Å². The number of carbonyl (C=O) groups is 1. The topological polar surface area (TPSA) is 64.4 Å². The van der Waals surface area contributed by atoms with Gasteiger partial charge in [-0.25, -0.2) is 4.79 Å². The normalized spacial score (nSPS) is 11.5. The van der Waals surface area contributed by atoms with Gasteiger partial charge in [-0.1, -0.05) is 6.07 Å². The van der Waals surface area contributed by atoms with Crippen molar-refractivity contribution in [3.05, 3.63) is 47.3 Å². The standard InChI is InChI=1S/C14H13F3N2O3/c1-2-19-10(7-12(18-19)13(20)21)8-22-11-5-3-4-9(6-11)14(15,16)17/h3-7H,2,8H2,1H3,(H,20,21). The molecule has 0 aliphatic carbocycles. The van der Waals surface area contributed by atoms with Crippen molar-refractivity contribution in [2.45, 2.75) is 26.3 Å². The lowest BCUT2D eigenvalue weighted by molar-refractivity contribution is -0.137. The van der Waals surface area contributed by atoms with Gasteiger partial charge in [0, 0.05) is 6.54 Å². The summed E-state index contributed by atoms with van der Waals surface area (Å²) >= 11 is 0. The fourth-order valence-electron chi connectivity index (χ4n) is 1.87. The number of benzene rings is 1. The van der Waals surface area contributed by atoms with Crippen LogP contribution < -0.4 is 4.74 Å². The van der Waals surface area contributed by atoms with Crippen molar-refractivity contribution < 1.29 is 27.8 Å². The van der Waals surface area contributed by atoms with E-state index in [0.29, 0.717) is 12.2 Å². The van der Waals surface area contributed by atoms with Gasteiger partial charge in [0.25, 0.3) is 0 Å². The molecule has 0 saturated heterocycles. The fourth-order valence-corrected chi connectivity index (χ4v) is 1.87. The Bertz CT molecular complexity index is 680. The monoisotopic (exact) mass is 314 g/mol. The maximum absolute atomic E-state index is 12.6. The maximum atomic E-state index is 12.6. The number of hydrogen-bond acceptors (Lipinski definition) is 3. The van der Waals surface area contributed by atoms with Gasteiger partial charge in [0.05, 0.1) is 11.3 Å². The first-order valence-electron chi connectivity index (χ1n) is 6.41. The van der Waals surface area contributed by atoms with E-state index in [1.165, 1.54) is 22.9 Å². The zero-order valence-corrected chi connectivity index (χ0v) is 11.6. The number of aromatic nitrogens is 2. The predicted octanol–water partition coefficient (Wildman–Crippen LogP) is 3.20. The van der Waals surface area contributed by atoms with E-state index in [-0.39, 0.29) is 18.1 Å². The molecule has 0 aliphatic heterocycles. The molecule has 1 aromatic heterocycles. The first-order chi connectivity index (χ1) is 10.3. The van der Waals surface area contributed by atoms with E-state index in [2.05, 4.69) is 5.10 Å². The van der Waals surface area contributed by atoms with Crippen LogP contribution >= 0.6 is 0 Å². The van der Waals surface area contributed by atoms with Gasteiger partial charge in [-0.15, -0.1) is 0 Å². The summed E-state index contributed by atoms with van der Waals surface area (Å²) in [5, 5.41) is 12.7. The Morgan fingerprint density at radius 1 is 1.36 bits per heavy atom. The molecule has 22 heavy (non-hydrogen) atoms. The molecule has 0 amide bonds. The number of carboxylic acids is 1.